The van der Waals surface area contributed by atoms with Crippen molar-refractivity contribution in [2.24, 2.45) is 0 Å². The maximum Gasteiger partial charge on any atom is 0.0724 e. The van der Waals surface area contributed by atoms with Gasteiger partial charge in [-0.2, -0.15) is 0 Å². The summed E-state index contributed by atoms with van der Waals surface area (Å²) < 4.78 is 11.2. The van der Waals surface area contributed by atoms with Gasteiger partial charge < -0.3 is 19.7 Å². The number of benzene rings is 6. The molecule has 0 aliphatic rings. The molecule has 0 spiro atoms. The number of hydrogen-bond donors (Lipinski definition) is 2. The van der Waals surface area contributed by atoms with Crippen LogP contribution in [-0.2, 0) is 22.7 Å². The molecule has 0 amide bonds. The minimum atomic E-state index is 0.0389. The number of ether oxygens (including phenoxy) is 2. The van der Waals surface area contributed by atoms with Gasteiger partial charge in [0.15, 0.2) is 0 Å². The summed E-state index contributed by atoms with van der Waals surface area (Å²) in [4.78, 5) is 0. The van der Waals surface area contributed by atoms with Crippen LogP contribution >= 0.6 is 0 Å². The Morgan fingerprint density at radius 2 is 0.918 bits per heavy atom. The van der Waals surface area contributed by atoms with Crippen molar-refractivity contribution in [2.45, 2.75) is 34.0 Å². The molecule has 250 valence electrons. The third-order valence-electron chi connectivity index (χ3n) is 8.71. The number of aryl methyl sites for hydroxylation is 2. The van der Waals surface area contributed by atoms with Crippen molar-refractivity contribution in [2.75, 3.05) is 26.4 Å². The van der Waals surface area contributed by atoms with Crippen LogP contribution in [0.4, 0.5) is 0 Å². The average molecular weight is 651 g/mol. The van der Waals surface area contributed by atoms with Crippen LogP contribution in [0, 0.1) is 20.8 Å². The van der Waals surface area contributed by atoms with Crippen molar-refractivity contribution in [1.82, 2.24) is 0 Å². The molecule has 4 nitrogen and oxygen atoms in total. The van der Waals surface area contributed by atoms with Crippen molar-refractivity contribution in [3.63, 3.8) is 0 Å². The molecule has 0 saturated heterocycles. The zero-order valence-corrected chi connectivity index (χ0v) is 28.7. The van der Waals surface area contributed by atoms with E-state index in [2.05, 4.69) is 148 Å². The average Bonchev–Trinajstić information content (AvgIpc) is 3.14. The highest BCUT2D eigenvalue weighted by molar-refractivity contribution is 5.88. The zero-order valence-electron chi connectivity index (χ0n) is 28.7. The van der Waals surface area contributed by atoms with E-state index in [1.54, 1.807) is 0 Å². The lowest BCUT2D eigenvalue weighted by Crippen LogP contribution is -2.02. The van der Waals surface area contributed by atoms with Gasteiger partial charge in [0.25, 0.3) is 0 Å². The largest absolute Gasteiger partial charge is 0.394 e. The van der Waals surface area contributed by atoms with Gasteiger partial charge in [0.2, 0.25) is 0 Å². The molecular weight excluding hydrogens is 604 g/mol. The van der Waals surface area contributed by atoms with Crippen LogP contribution < -0.4 is 0 Å². The van der Waals surface area contributed by atoms with Crippen LogP contribution in [0.15, 0.2) is 140 Å². The Labute approximate surface area is 291 Å². The van der Waals surface area contributed by atoms with Gasteiger partial charge in [-0.25, -0.2) is 0 Å². The fraction of sp³-hybridized carbons (Fsp3) is 0.200. The Kier molecular flexibility index (Phi) is 13.1. The molecule has 0 radical (unpaired) electrons. The van der Waals surface area contributed by atoms with Gasteiger partial charge in [-0.3, -0.25) is 0 Å². The zero-order chi connectivity index (χ0) is 34.4. The number of hydrogen-bond acceptors (Lipinski definition) is 4. The normalized spacial score (nSPS) is 10.8. The minimum absolute atomic E-state index is 0.0389. The Morgan fingerprint density at radius 3 is 1.51 bits per heavy atom. The summed E-state index contributed by atoms with van der Waals surface area (Å²) in [5.41, 5.74) is 15.8. The summed E-state index contributed by atoms with van der Waals surface area (Å²) in [6.07, 6.45) is 0. The van der Waals surface area contributed by atoms with E-state index in [-0.39, 0.29) is 13.2 Å². The van der Waals surface area contributed by atoms with Gasteiger partial charge in [0.05, 0.1) is 39.6 Å². The van der Waals surface area contributed by atoms with Gasteiger partial charge in [-0.1, -0.05) is 140 Å². The van der Waals surface area contributed by atoms with Crippen LogP contribution in [0.3, 0.4) is 0 Å². The predicted octanol–water partition coefficient (Wildman–Crippen LogP) is 9.98. The number of aliphatic hydroxyl groups excluding tert-OH is 2. The molecule has 49 heavy (non-hydrogen) atoms. The smallest absolute Gasteiger partial charge is 0.0724 e. The summed E-state index contributed by atoms with van der Waals surface area (Å²) in [5.74, 6) is 0. The maximum atomic E-state index is 9.02. The third-order valence-corrected chi connectivity index (χ3v) is 8.71. The van der Waals surface area contributed by atoms with E-state index >= 15 is 0 Å². The van der Waals surface area contributed by atoms with Crippen molar-refractivity contribution in [3.05, 3.63) is 167 Å². The molecular formula is C45H46O4. The highest BCUT2D eigenvalue weighted by Crippen LogP contribution is 2.39. The van der Waals surface area contributed by atoms with Crippen LogP contribution in [0.2, 0.25) is 0 Å². The first-order valence-corrected chi connectivity index (χ1v) is 16.9. The summed E-state index contributed by atoms with van der Waals surface area (Å²) in [7, 11) is 0. The highest BCUT2D eigenvalue weighted by Gasteiger charge is 2.16. The monoisotopic (exact) mass is 650 g/mol. The molecule has 0 fully saturated rings. The molecule has 0 heterocycles. The Bertz CT molecular complexity index is 1910. The van der Waals surface area contributed by atoms with E-state index < -0.39 is 0 Å². The maximum absolute atomic E-state index is 9.02. The fourth-order valence-electron chi connectivity index (χ4n) is 6.23. The second kappa shape index (κ2) is 18.1. The van der Waals surface area contributed by atoms with Gasteiger partial charge in [0, 0.05) is 0 Å². The van der Waals surface area contributed by atoms with E-state index in [4.69, 9.17) is 19.7 Å². The molecule has 6 aromatic carbocycles. The van der Waals surface area contributed by atoms with Crippen LogP contribution in [-0.4, -0.2) is 36.6 Å². The van der Waals surface area contributed by atoms with Crippen molar-refractivity contribution in [3.8, 4) is 44.5 Å². The molecule has 0 aliphatic carbocycles. The van der Waals surface area contributed by atoms with Crippen molar-refractivity contribution < 1.29 is 19.7 Å². The fourth-order valence-corrected chi connectivity index (χ4v) is 6.23. The lowest BCUT2D eigenvalue weighted by Gasteiger charge is -2.18. The van der Waals surface area contributed by atoms with E-state index in [1.165, 1.54) is 61.2 Å². The second-order valence-electron chi connectivity index (χ2n) is 12.0. The molecule has 0 atom stereocenters. The Hall–Kier alpha value is -4.84. The van der Waals surface area contributed by atoms with Gasteiger partial charge >= 0.3 is 0 Å². The predicted molar refractivity (Wildman–Crippen MR) is 202 cm³/mol. The summed E-state index contributed by atoms with van der Waals surface area (Å²) >= 11 is 0. The lowest BCUT2D eigenvalue weighted by molar-refractivity contribution is 0.0813. The Balaban J connectivity index is 0.000000191. The molecule has 0 unspecified atom stereocenters. The molecule has 0 aromatic heterocycles. The quantitative estimate of drug-likeness (QED) is 0.130. The molecule has 0 bridgehead atoms. The van der Waals surface area contributed by atoms with Crippen molar-refractivity contribution >= 4 is 0 Å². The van der Waals surface area contributed by atoms with Gasteiger partial charge in [0.1, 0.15) is 0 Å². The molecule has 2 N–H and O–H groups in total. The first-order valence-electron chi connectivity index (χ1n) is 16.9. The molecule has 6 aromatic rings. The van der Waals surface area contributed by atoms with Gasteiger partial charge in [-0.15, -0.1) is 0 Å². The topological polar surface area (TPSA) is 58.9 Å². The highest BCUT2D eigenvalue weighted by atomic mass is 16.5. The minimum Gasteiger partial charge on any atom is -0.394 e. The van der Waals surface area contributed by atoms with E-state index in [0.29, 0.717) is 26.4 Å². The number of aliphatic hydroxyl groups is 2. The van der Waals surface area contributed by atoms with Crippen molar-refractivity contribution in [1.29, 1.82) is 0 Å². The van der Waals surface area contributed by atoms with Crippen LogP contribution in [0.25, 0.3) is 44.5 Å². The Morgan fingerprint density at radius 1 is 0.408 bits per heavy atom. The van der Waals surface area contributed by atoms with Gasteiger partial charge in [-0.05, 0) is 93.1 Å². The van der Waals surface area contributed by atoms with Crippen LogP contribution in [0.1, 0.15) is 27.8 Å². The summed E-state index contributed by atoms with van der Waals surface area (Å²) in [6, 6.07) is 48.5. The van der Waals surface area contributed by atoms with E-state index in [0.717, 1.165) is 11.1 Å². The number of rotatable bonds is 12. The third kappa shape index (κ3) is 9.00. The summed E-state index contributed by atoms with van der Waals surface area (Å²) in [5, 5.41) is 17.9. The lowest BCUT2D eigenvalue weighted by atomic mass is 9.87. The standard InChI is InChI=1S/C23H24O2.C22H22O2/c1-17-8-3-5-11-20(17)22-13-7-10-19(16-25-15-14-24)23(22)21-12-6-4-9-18(21)2;1-17-20(16-24-15-14-23)12-13-21(18-8-4-2-5-9-18)22(17)19-10-6-3-7-11-19/h3-13,24H,14-16H2,1-2H3;2-13,23H,14-16H2,1H3. The molecule has 4 heteroatoms. The van der Waals surface area contributed by atoms with Crippen LogP contribution in [0.5, 0.6) is 0 Å². The summed E-state index contributed by atoms with van der Waals surface area (Å²) in [6.45, 7) is 8.23. The van der Waals surface area contributed by atoms with E-state index in [1.807, 2.05) is 12.1 Å². The van der Waals surface area contributed by atoms with E-state index in [9.17, 15) is 0 Å². The SMILES string of the molecule is Cc1c(COCCO)ccc(-c2ccccc2)c1-c1ccccc1.Cc1ccccc1-c1cccc(COCCO)c1-c1ccccc1C. The molecule has 0 aliphatic heterocycles. The first kappa shape index (κ1) is 35.5. The second-order valence-corrected chi connectivity index (χ2v) is 12.0. The first-order chi connectivity index (χ1) is 24.0. The molecule has 0 saturated carbocycles. The molecule has 6 rings (SSSR count).